The number of aromatic amines is 1. The Morgan fingerprint density at radius 1 is 1.56 bits per heavy atom. The minimum Gasteiger partial charge on any atom is -0.481 e. The quantitative estimate of drug-likeness (QED) is 0.866. The molecule has 0 aromatic carbocycles. The summed E-state index contributed by atoms with van der Waals surface area (Å²) in [4.78, 5) is 22.7. The molecule has 2 unspecified atom stereocenters. The van der Waals surface area contributed by atoms with Gasteiger partial charge in [-0.3, -0.25) is 9.36 Å². The van der Waals surface area contributed by atoms with E-state index < -0.39 is 5.97 Å². The maximum Gasteiger partial charge on any atom is 0.344 e. The first-order valence-electron chi connectivity index (χ1n) is 6.07. The van der Waals surface area contributed by atoms with Gasteiger partial charge in [-0.25, -0.2) is 9.89 Å². The fraction of sp³-hybridized carbons (Fsp3) is 0.727. The van der Waals surface area contributed by atoms with Gasteiger partial charge in [0.25, 0.3) is 0 Å². The zero-order chi connectivity index (χ0) is 13.3. The number of carboxylic acid groups (broad SMARTS) is 1. The second-order valence-corrected chi connectivity index (χ2v) is 6.01. The van der Waals surface area contributed by atoms with Crippen molar-refractivity contribution < 1.29 is 9.90 Å². The summed E-state index contributed by atoms with van der Waals surface area (Å²) < 4.78 is 1.57. The minimum atomic E-state index is -0.751. The Morgan fingerprint density at radius 3 is 2.89 bits per heavy atom. The number of aromatic nitrogens is 3. The van der Waals surface area contributed by atoms with Crippen LogP contribution in [-0.4, -0.2) is 31.1 Å². The van der Waals surface area contributed by atoms with E-state index in [1.54, 1.807) is 4.57 Å². The number of hydrogen-bond acceptors (Lipinski definition) is 4. The largest absolute Gasteiger partial charge is 0.481 e. The first-order chi connectivity index (χ1) is 8.50. The van der Waals surface area contributed by atoms with Gasteiger partial charge >= 0.3 is 11.7 Å². The monoisotopic (exact) mass is 271 g/mol. The topological polar surface area (TPSA) is 88.0 Å². The van der Waals surface area contributed by atoms with Crippen molar-refractivity contribution in [2.75, 3.05) is 0 Å². The Bertz CT molecular complexity index is 494. The van der Waals surface area contributed by atoms with Crippen LogP contribution in [0.4, 0.5) is 0 Å². The molecule has 6 nitrogen and oxygen atoms in total. The third kappa shape index (κ3) is 2.45. The minimum absolute atomic E-state index is 0.00944. The van der Waals surface area contributed by atoms with E-state index in [-0.39, 0.29) is 22.9 Å². The molecule has 100 valence electrons. The highest BCUT2D eigenvalue weighted by atomic mass is 32.2. The van der Waals surface area contributed by atoms with E-state index in [0.717, 1.165) is 12.8 Å². The molecule has 1 saturated carbocycles. The molecule has 1 aromatic rings. The van der Waals surface area contributed by atoms with Gasteiger partial charge in [0.05, 0.1) is 5.92 Å². The third-order valence-corrected chi connectivity index (χ3v) is 4.58. The van der Waals surface area contributed by atoms with Crippen molar-refractivity contribution in [2.24, 2.45) is 5.92 Å². The van der Waals surface area contributed by atoms with E-state index in [9.17, 15) is 9.59 Å². The Morgan fingerprint density at radius 2 is 2.28 bits per heavy atom. The van der Waals surface area contributed by atoms with Crippen LogP contribution in [0.15, 0.2) is 9.95 Å². The van der Waals surface area contributed by atoms with E-state index >= 15 is 0 Å². The Hall–Kier alpha value is -1.24. The van der Waals surface area contributed by atoms with Crippen molar-refractivity contribution in [3.8, 4) is 0 Å². The van der Waals surface area contributed by atoms with E-state index in [4.69, 9.17) is 5.11 Å². The molecule has 0 spiro atoms. The first kappa shape index (κ1) is 13.2. The van der Waals surface area contributed by atoms with Crippen LogP contribution in [0.2, 0.25) is 0 Å². The van der Waals surface area contributed by atoms with E-state index in [0.29, 0.717) is 11.6 Å². The highest BCUT2D eigenvalue weighted by Crippen LogP contribution is 2.38. The van der Waals surface area contributed by atoms with Crippen LogP contribution < -0.4 is 5.69 Å². The van der Waals surface area contributed by atoms with Crippen LogP contribution in [0, 0.1) is 5.92 Å². The molecule has 1 aromatic heterocycles. The molecule has 0 radical (unpaired) electrons. The van der Waals surface area contributed by atoms with Crippen LogP contribution in [0.3, 0.4) is 0 Å². The van der Waals surface area contributed by atoms with Crippen LogP contribution in [0.1, 0.15) is 39.2 Å². The summed E-state index contributed by atoms with van der Waals surface area (Å²) in [5.41, 5.74) is -0.239. The average molecular weight is 271 g/mol. The number of rotatable bonds is 4. The van der Waals surface area contributed by atoms with Crippen molar-refractivity contribution >= 4 is 17.7 Å². The van der Waals surface area contributed by atoms with Crippen LogP contribution in [0.5, 0.6) is 0 Å². The van der Waals surface area contributed by atoms with Gasteiger partial charge in [0.1, 0.15) is 0 Å². The Labute approximate surface area is 109 Å². The molecule has 1 aliphatic rings. The molecule has 0 aliphatic heterocycles. The molecule has 2 N–H and O–H groups in total. The van der Waals surface area contributed by atoms with Gasteiger partial charge in [-0.15, -0.1) is 5.10 Å². The number of nitrogens with one attached hydrogen (secondary N) is 1. The molecular weight excluding hydrogens is 254 g/mol. The van der Waals surface area contributed by atoms with Crippen molar-refractivity contribution in [2.45, 2.75) is 49.6 Å². The van der Waals surface area contributed by atoms with Crippen LogP contribution in [0.25, 0.3) is 0 Å². The highest BCUT2D eigenvalue weighted by Gasteiger charge is 2.34. The third-order valence-electron chi connectivity index (χ3n) is 3.22. The molecule has 0 bridgehead atoms. The number of thioether (sulfide) groups is 1. The summed E-state index contributed by atoms with van der Waals surface area (Å²) in [6.45, 7) is 3.81. The number of carboxylic acids is 1. The molecule has 0 saturated heterocycles. The lowest BCUT2D eigenvalue weighted by molar-refractivity contribution is -0.141. The van der Waals surface area contributed by atoms with Gasteiger partial charge in [0.2, 0.25) is 0 Å². The zero-order valence-corrected chi connectivity index (χ0v) is 11.2. The molecule has 0 amide bonds. The SMILES string of the molecule is CC(C)n1c(SC2CCCC2C(=O)O)n[nH]c1=O. The summed E-state index contributed by atoms with van der Waals surface area (Å²) in [6.07, 6.45) is 2.50. The number of nitrogens with zero attached hydrogens (tertiary/aromatic N) is 2. The van der Waals surface area contributed by atoms with Crippen LogP contribution in [-0.2, 0) is 4.79 Å². The summed E-state index contributed by atoms with van der Waals surface area (Å²) in [5, 5.41) is 16.2. The smallest absolute Gasteiger partial charge is 0.344 e. The summed E-state index contributed by atoms with van der Waals surface area (Å²) in [5.74, 6) is -1.08. The molecule has 2 atom stereocenters. The van der Waals surface area contributed by atoms with Crippen molar-refractivity contribution in [1.29, 1.82) is 0 Å². The number of aliphatic carboxylic acids is 1. The van der Waals surface area contributed by atoms with Gasteiger partial charge < -0.3 is 5.11 Å². The zero-order valence-electron chi connectivity index (χ0n) is 10.4. The lowest BCUT2D eigenvalue weighted by Gasteiger charge is -2.15. The molecule has 1 heterocycles. The molecule has 1 fully saturated rings. The summed E-state index contributed by atoms with van der Waals surface area (Å²) >= 11 is 1.40. The summed E-state index contributed by atoms with van der Waals surface area (Å²) in [6, 6.07) is 0.0171. The number of H-pyrrole nitrogens is 1. The van der Waals surface area contributed by atoms with Gasteiger partial charge in [0.15, 0.2) is 5.16 Å². The molecule has 2 rings (SSSR count). The Balaban J connectivity index is 2.19. The van der Waals surface area contributed by atoms with Crippen LogP contribution >= 0.6 is 11.8 Å². The highest BCUT2D eigenvalue weighted by molar-refractivity contribution is 7.99. The standard InChI is InChI=1S/C11H17N3O3S/c1-6(2)14-10(17)12-13-11(14)18-8-5-3-4-7(8)9(15)16/h6-8H,3-5H2,1-2H3,(H,12,17)(H,15,16). The summed E-state index contributed by atoms with van der Waals surface area (Å²) in [7, 11) is 0. The van der Waals surface area contributed by atoms with Crippen molar-refractivity contribution in [1.82, 2.24) is 14.8 Å². The van der Waals surface area contributed by atoms with E-state index in [1.165, 1.54) is 11.8 Å². The molecule has 7 heteroatoms. The lowest BCUT2D eigenvalue weighted by atomic mass is 10.1. The van der Waals surface area contributed by atoms with Crippen molar-refractivity contribution in [3.05, 3.63) is 10.5 Å². The van der Waals surface area contributed by atoms with Gasteiger partial charge in [-0.1, -0.05) is 18.2 Å². The molecular formula is C11H17N3O3S. The maximum absolute atomic E-state index is 11.6. The predicted octanol–water partition coefficient (Wildman–Crippen LogP) is 1.50. The van der Waals surface area contributed by atoms with Crippen molar-refractivity contribution in [3.63, 3.8) is 0 Å². The second kappa shape index (κ2) is 5.17. The number of hydrogen-bond donors (Lipinski definition) is 2. The Kier molecular flexibility index (Phi) is 3.79. The fourth-order valence-corrected chi connectivity index (χ4v) is 3.79. The van der Waals surface area contributed by atoms with E-state index in [2.05, 4.69) is 10.2 Å². The molecule has 18 heavy (non-hydrogen) atoms. The average Bonchev–Trinajstić information content (AvgIpc) is 2.86. The lowest BCUT2D eigenvalue weighted by Crippen LogP contribution is -2.23. The fourth-order valence-electron chi connectivity index (χ4n) is 2.31. The second-order valence-electron chi connectivity index (χ2n) is 4.81. The van der Waals surface area contributed by atoms with Gasteiger partial charge in [0, 0.05) is 11.3 Å². The van der Waals surface area contributed by atoms with Gasteiger partial charge in [-0.2, -0.15) is 0 Å². The van der Waals surface area contributed by atoms with Gasteiger partial charge in [-0.05, 0) is 26.7 Å². The first-order valence-corrected chi connectivity index (χ1v) is 6.95. The predicted molar refractivity (Wildman–Crippen MR) is 67.9 cm³/mol. The normalized spacial score (nSPS) is 23.7. The van der Waals surface area contributed by atoms with E-state index in [1.807, 2.05) is 13.8 Å². The number of carbonyl (C=O) groups is 1. The maximum atomic E-state index is 11.6. The molecule has 1 aliphatic carbocycles.